The number of hydrogen-bond donors (Lipinski definition) is 1. The number of fused-ring (bicyclic) bond motifs is 1. The maximum absolute atomic E-state index is 11.7. The lowest BCUT2D eigenvalue weighted by Gasteiger charge is -2.08. The summed E-state index contributed by atoms with van der Waals surface area (Å²) in [5.41, 5.74) is 0.702. The van der Waals surface area contributed by atoms with Crippen molar-refractivity contribution in [2.45, 2.75) is 19.6 Å². The van der Waals surface area contributed by atoms with Crippen LogP contribution in [0, 0.1) is 0 Å². The Kier molecular flexibility index (Phi) is 3.38. The maximum Gasteiger partial charge on any atom is 0.332 e. The number of carbonyl (C=O) groups is 1. The Hall–Kier alpha value is -2.21. The third kappa shape index (κ3) is 2.54. The zero-order valence-corrected chi connectivity index (χ0v) is 9.74. The largest absolute Gasteiger partial charge is 0.479 e. The molecule has 0 amide bonds. The van der Waals surface area contributed by atoms with E-state index in [1.807, 2.05) is 0 Å². The van der Waals surface area contributed by atoms with E-state index in [9.17, 15) is 9.59 Å². The van der Waals surface area contributed by atoms with E-state index >= 15 is 0 Å². The van der Waals surface area contributed by atoms with E-state index < -0.39 is 12.1 Å². The van der Waals surface area contributed by atoms with Gasteiger partial charge in [0.15, 0.2) is 6.10 Å². The number of carboxylic acids is 1. The van der Waals surface area contributed by atoms with Gasteiger partial charge in [-0.3, -0.25) is 9.20 Å². The Morgan fingerprint density at radius 1 is 1.56 bits per heavy atom. The van der Waals surface area contributed by atoms with Crippen molar-refractivity contribution in [3.8, 4) is 0 Å². The van der Waals surface area contributed by atoms with Gasteiger partial charge in [0.05, 0.1) is 12.3 Å². The summed E-state index contributed by atoms with van der Waals surface area (Å²) in [5, 5.41) is 8.68. The van der Waals surface area contributed by atoms with Crippen molar-refractivity contribution < 1.29 is 14.6 Å². The van der Waals surface area contributed by atoms with Crippen LogP contribution in [0.2, 0.25) is 0 Å². The van der Waals surface area contributed by atoms with Gasteiger partial charge < -0.3 is 9.84 Å². The van der Waals surface area contributed by atoms with Crippen LogP contribution in [0.5, 0.6) is 0 Å². The molecule has 0 fully saturated rings. The van der Waals surface area contributed by atoms with E-state index in [1.165, 1.54) is 17.4 Å². The van der Waals surface area contributed by atoms with Crippen LogP contribution in [-0.2, 0) is 16.1 Å². The molecule has 0 saturated heterocycles. The smallest absolute Gasteiger partial charge is 0.332 e. The Morgan fingerprint density at radius 3 is 3.06 bits per heavy atom. The molecule has 2 aromatic heterocycles. The van der Waals surface area contributed by atoms with Crippen molar-refractivity contribution in [2.75, 3.05) is 0 Å². The van der Waals surface area contributed by atoms with Crippen LogP contribution in [0.25, 0.3) is 5.65 Å². The molecule has 0 spiro atoms. The molecular weight excluding hydrogens is 236 g/mol. The van der Waals surface area contributed by atoms with Gasteiger partial charge in [0, 0.05) is 12.3 Å². The number of rotatable bonds is 4. The number of aliphatic carboxylic acids is 1. The SMILES string of the molecule is CC(OCc1cc(=O)n2ccccc2n1)C(=O)O. The van der Waals surface area contributed by atoms with Crippen LogP contribution >= 0.6 is 0 Å². The molecule has 1 atom stereocenters. The third-order valence-corrected chi connectivity index (χ3v) is 2.45. The summed E-state index contributed by atoms with van der Waals surface area (Å²) in [6.45, 7) is 1.42. The molecule has 94 valence electrons. The first-order valence-electron chi connectivity index (χ1n) is 5.39. The van der Waals surface area contributed by atoms with Crippen LogP contribution in [0.1, 0.15) is 12.6 Å². The van der Waals surface area contributed by atoms with E-state index in [0.29, 0.717) is 11.3 Å². The van der Waals surface area contributed by atoms with Gasteiger partial charge in [0.1, 0.15) is 5.65 Å². The highest BCUT2D eigenvalue weighted by atomic mass is 16.5. The molecule has 0 bridgehead atoms. The number of aromatic nitrogens is 2. The molecule has 0 aromatic carbocycles. The fraction of sp³-hybridized carbons (Fsp3) is 0.250. The average molecular weight is 248 g/mol. The lowest BCUT2D eigenvalue weighted by atomic mass is 10.3. The lowest BCUT2D eigenvalue weighted by molar-refractivity contribution is -0.149. The van der Waals surface area contributed by atoms with Crippen molar-refractivity contribution in [1.29, 1.82) is 0 Å². The molecule has 0 aliphatic heterocycles. The number of ether oxygens (including phenoxy) is 1. The topological polar surface area (TPSA) is 80.9 Å². The van der Waals surface area contributed by atoms with Crippen LogP contribution in [0.4, 0.5) is 0 Å². The van der Waals surface area contributed by atoms with E-state index in [-0.39, 0.29) is 12.2 Å². The number of pyridine rings is 1. The van der Waals surface area contributed by atoms with Gasteiger partial charge in [0.2, 0.25) is 0 Å². The first-order chi connectivity index (χ1) is 8.58. The van der Waals surface area contributed by atoms with Crippen molar-refractivity contribution in [3.05, 3.63) is 46.5 Å². The normalized spacial score (nSPS) is 12.5. The van der Waals surface area contributed by atoms with Gasteiger partial charge in [-0.25, -0.2) is 9.78 Å². The molecule has 1 N–H and O–H groups in total. The minimum atomic E-state index is -1.05. The Labute approximate surface area is 102 Å². The van der Waals surface area contributed by atoms with E-state index in [1.54, 1.807) is 24.4 Å². The van der Waals surface area contributed by atoms with Gasteiger partial charge >= 0.3 is 5.97 Å². The minimum absolute atomic E-state index is 0.00585. The second kappa shape index (κ2) is 4.97. The van der Waals surface area contributed by atoms with E-state index in [4.69, 9.17) is 9.84 Å². The summed E-state index contributed by atoms with van der Waals surface area (Å²) < 4.78 is 6.49. The highest BCUT2D eigenvalue weighted by Gasteiger charge is 2.11. The quantitative estimate of drug-likeness (QED) is 0.860. The first kappa shape index (κ1) is 12.3. The molecule has 18 heavy (non-hydrogen) atoms. The van der Waals surface area contributed by atoms with Crippen LogP contribution in [0.3, 0.4) is 0 Å². The number of carboxylic acid groups (broad SMARTS) is 1. The zero-order valence-electron chi connectivity index (χ0n) is 9.74. The monoisotopic (exact) mass is 248 g/mol. The Balaban J connectivity index is 2.25. The summed E-state index contributed by atoms with van der Waals surface area (Å²) in [4.78, 5) is 26.5. The highest BCUT2D eigenvalue weighted by Crippen LogP contribution is 2.02. The molecule has 6 nitrogen and oxygen atoms in total. The van der Waals surface area contributed by atoms with Gasteiger partial charge in [-0.2, -0.15) is 0 Å². The molecule has 6 heteroatoms. The van der Waals surface area contributed by atoms with E-state index in [0.717, 1.165) is 0 Å². The van der Waals surface area contributed by atoms with Crippen LogP contribution < -0.4 is 5.56 Å². The summed E-state index contributed by atoms with van der Waals surface area (Å²) in [6.07, 6.45) is 0.691. The fourth-order valence-corrected chi connectivity index (χ4v) is 1.46. The summed E-state index contributed by atoms with van der Waals surface area (Å²) >= 11 is 0. The Morgan fingerprint density at radius 2 is 2.33 bits per heavy atom. The number of nitrogens with zero attached hydrogens (tertiary/aromatic N) is 2. The third-order valence-electron chi connectivity index (χ3n) is 2.45. The van der Waals surface area contributed by atoms with Gasteiger partial charge in [0.25, 0.3) is 5.56 Å². The van der Waals surface area contributed by atoms with Gasteiger partial charge in [-0.1, -0.05) is 6.07 Å². The first-order valence-corrected chi connectivity index (χ1v) is 5.39. The second-order valence-corrected chi connectivity index (χ2v) is 3.81. The summed E-state index contributed by atoms with van der Waals surface area (Å²) in [6, 6.07) is 6.54. The average Bonchev–Trinajstić information content (AvgIpc) is 2.36. The highest BCUT2D eigenvalue weighted by molar-refractivity contribution is 5.71. The van der Waals surface area contributed by atoms with Crippen molar-refractivity contribution in [1.82, 2.24) is 9.38 Å². The maximum atomic E-state index is 11.7. The van der Waals surface area contributed by atoms with Crippen LogP contribution in [0.15, 0.2) is 35.3 Å². The molecule has 2 aromatic rings. The van der Waals surface area contributed by atoms with Crippen molar-refractivity contribution in [3.63, 3.8) is 0 Å². The van der Waals surface area contributed by atoms with E-state index in [2.05, 4.69) is 4.98 Å². The molecule has 1 unspecified atom stereocenters. The van der Waals surface area contributed by atoms with Gasteiger partial charge in [-0.15, -0.1) is 0 Å². The van der Waals surface area contributed by atoms with Crippen LogP contribution in [-0.4, -0.2) is 26.6 Å². The molecule has 2 rings (SSSR count). The standard InChI is InChI=1S/C12H12N2O4/c1-8(12(16)17)18-7-9-6-11(15)14-5-3-2-4-10(14)13-9/h2-6,8H,7H2,1H3,(H,16,17). The minimum Gasteiger partial charge on any atom is -0.479 e. The second-order valence-electron chi connectivity index (χ2n) is 3.81. The molecule has 0 saturated carbocycles. The zero-order chi connectivity index (χ0) is 13.1. The lowest BCUT2D eigenvalue weighted by Crippen LogP contribution is -2.21. The van der Waals surface area contributed by atoms with Gasteiger partial charge in [-0.05, 0) is 19.1 Å². The molecule has 0 aliphatic rings. The van der Waals surface area contributed by atoms with Crippen molar-refractivity contribution in [2.24, 2.45) is 0 Å². The Bertz CT molecular complexity index is 635. The number of hydrogen-bond acceptors (Lipinski definition) is 4. The molecular formula is C12H12N2O4. The predicted octanol–water partition coefficient (Wildman–Crippen LogP) is 0.684. The van der Waals surface area contributed by atoms with Crippen molar-refractivity contribution >= 4 is 11.6 Å². The summed E-state index contributed by atoms with van der Waals surface area (Å²) in [5.74, 6) is -1.05. The molecule has 2 heterocycles. The predicted molar refractivity (Wildman–Crippen MR) is 63.3 cm³/mol. The molecule has 0 radical (unpaired) electrons. The summed E-state index contributed by atoms with van der Waals surface area (Å²) in [7, 11) is 0. The fourth-order valence-electron chi connectivity index (χ4n) is 1.46. The molecule has 0 aliphatic carbocycles.